The SMILES string of the molecule is CC(C)CN1C(=O)C(=O)N(CC(=O)Nc2ccccc2C(=O)c2ccccc2)C1=O. The summed E-state index contributed by atoms with van der Waals surface area (Å²) in [5.74, 6) is -2.97. The number of para-hydroxylation sites is 1. The van der Waals surface area contributed by atoms with Crippen LogP contribution in [0.25, 0.3) is 0 Å². The maximum atomic E-state index is 12.8. The highest BCUT2D eigenvalue weighted by atomic mass is 16.2. The Labute approximate surface area is 173 Å². The van der Waals surface area contributed by atoms with Crippen molar-refractivity contribution in [2.24, 2.45) is 5.92 Å². The van der Waals surface area contributed by atoms with Crippen molar-refractivity contribution < 1.29 is 24.0 Å². The molecule has 3 rings (SSSR count). The zero-order valence-corrected chi connectivity index (χ0v) is 16.6. The van der Waals surface area contributed by atoms with Gasteiger partial charge in [0.15, 0.2) is 5.78 Å². The van der Waals surface area contributed by atoms with Crippen LogP contribution in [0.4, 0.5) is 10.5 Å². The van der Waals surface area contributed by atoms with Gasteiger partial charge in [-0.1, -0.05) is 56.3 Å². The molecule has 5 amide bonds. The van der Waals surface area contributed by atoms with Gasteiger partial charge in [-0.15, -0.1) is 0 Å². The molecule has 2 aromatic carbocycles. The van der Waals surface area contributed by atoms with E-state index in [9.17, 15) is 24.0 Å². The zero-order chi connectivity index (χ0) is 21.8. The molecular formula is C22H21N3O5. The Kier molecular flexibility index (Phi) is 6.06. The third-order valence-corrected chi connectivity index (χ3v) is 4.47. The Morgan fingerprint density at radius 3 is 2.13 bits per heavy atom. The van der Waals surface area contributed by atoms with Crippen LogP contribution in [0.3, 0.4) is 0 Å². The van der Waals surface area contributed by atoms with Gasteiger partial charge in [0.25, 0.3) is 0 Å². The van der Waals surface area contributed by atoms with Crippen LogP contribution < -0.4 is 5.32 Å². The van der Waals surface area contributed by atoms with E-state index in [1.807, 2.05) is 0 Å². The van der Waals surface area contributed by atoms with Crippen LogP contribution in [0, 0.1) is 5.92 Å². The molecule has 154 valence electrons. The summed E-state index contributed by atoms with van der Waals surface area (Å²) in [4.78, 5) is 63.3. The van der Waals surface area contributed by atoms with E-state index in [0.29, 0.717) is 10.5 Å². The van der Waals surface area contributed by atoms with Gasteiger partial charge in [-0.05, 0) is 18.1 Å². The topological polar surface area (TPSA) is 104 Å². The van der Waals surface area contributed by atoms with Crippen LogP contribution in [0.15, 0.2) is 54.6 Å². The molecule has 0 radical (unpaired) electrons. The second-order valence-electron chi connectivity index (χ2n) is 7.27. The van der Waals surface area contributed by atoms with Crippen molar-refractivity contribution in [3.05, 3.63) is 65.7 Å². The van der Waals surface area contributed by atoms with Gasteiger partial charge in [-0.3, -0.25) is 24.1 Å². The lowest BCUT2D eigenvalue weighted by Gasteiger charge is -2.17. The molecular weight excluding hydrogens is 386 g/mol. The molecule has 1 heterocycles. The van der Waals surface area contributed by atoms with Crippen molar-refractivity contribution in [1.29, 1.82) is 0 Å². The lowest BCUT2D eigenvalue weighted by Crippen LogP contribution is -2.39. The smallest absolute Gasteiger partial charge is 0.324 e. The maximum Gasteiger partial charge on any atom is 0.334 e. The van der Waals surface area contributed by atoms with Gasteiger partial charge in [0.2, 0.25) is 5.91 Å². The number of nitrogens with one attached hydrogen (secondary N) is 1. The molecule has 0 bridgehead atoms. The molecule has 1 saturated heterocycles. The number of carbonyl (C=O) groups is 5. The number of hydrogen-bond acceptors (Lipinski definition) is 5. The number of amides is 5. The van der Waals surface area contributed by atoms with Crippen molar-refractivity contribution in [3.63, 3.8) is 0 Å². The van der Waals surface area contributed by atoms with Crippen molar-refractivity contribution in [2.45, 2.75) is 13.8 Å². The van der Waals surface area contributed by atoms with Crippen LogP contribution in [0.2, 0.25) is 0 Å². The Morgan fingerprint density at radius 2 is 1.47 bits per heavy atom. The van der Waals surface area contributed by atoms with Crippen LogP contribution in [0.1, 0.15) is 29.8 Å². The molecule has 0 aromatic heterocycles. The second kappa shape index (κ2) is 8.69. The lowest BCUT2D eigenvalue weighted by atomic mass is 10.0. The molecule has 1 aliphatic heterocycles. The van der Waals surface area contributed by atoms with E-state index in [4.69, 9.17) is 0 Å². The van der Waals surface area contributed by atoms with E-state index in [-0.39, 0.29) is 29.5 Å². The Balaban J connectivity index is 1.75. The van der Waals surface area contributed by atoms with Crippen molar-refractivity contribution in [1.82, 2.24) is 9.80 Å². The van der Waals surface area contributed by atoms with Gasteiger partial charge in [-0.2, -0.15) is 0 Å². The van der Waals surface area contributed by atoms with E-state index in [2.05, 4.69) is 5.32 Å². The predicted molar refractivity (Wildman–Crippen MR) is 109 cm³/mol. The van der Waals surface area contributed by atoms with Crippen molar-refractivity contribution >= 4 is 35.2 Å². The van der Waals surface area contributed by atoms with E-state index < -0.39 is 30.3 Å². The number of benzene rings is 2. The maximum absolute atomic E-state index is 12.8. The average molecular weight is 407 g/mol. The largest absolute Gasteiger partial charge is 0.334 e. The number of imide groups is 2. The Bertz CT molecular complexity index is 1020. The lowest BCUT2D eigenvalue weighted by molar-refractivity contribution is -0.143. The first kappa shape index (κ1) is 20.9. The molecule has 30 heavy (non-hydrogen) atoms. The minimum atomic E-state index is -1.04. The summed E-state index contributed by atoms with van der Waals surface area (Å²) in [6.07, 6.45) is 0. The fourth-order valence-corrected chi connectivity index (χ4v) is 3.08. The van der Waals surface area contributed by atoms with Crippen LogP contribution in [-0.4, -0.2) is 52.4 Å². The normalized spacial score (nSPS) is 13.9. The zero-order valence-electron chi connectivity index (χ0n) is 16.6. The monoisotopic (exact) mass is 407 g/mol. The average Bonchev–Trinajstić information content (AvgIpc) is 2.92. The molecule has 0 atom stereocenters. The number of nitrogens with zero attached hydrogens (tertiary/aromatic N) is 2. The predicted octanol–water partition coefficient (Wildman–Crippen LogP) is 2.30. The van der Waals surface area contributed by atoms with E-state index >= 15 is 0 Å². The third-order valence-electron chi connectivity index (χ3n) is 4.47. The Hall–Kier alpha value is -3.81. The summed E-state index contributed by atoms with van der Waals surface area (Å²) in [6.45, 7) is 3.09. The molecule has 8 nitrogen and oxygen atoms in total. The number of carbonyl (C=O) groups excluding carboxylic acids is 5. The van der Waals surface area contributed by atoms with Crippen LogP contribution in [0.5, 0.6) is 0 Å². The number of hydrogen-bond donors (Lipinski definition) is 1. The molecule has 1 aliphatic rings. The number of rotatable bonds is 7. The molecule has 2 aromatic rings. The van der Waals surface area contributed by atoms with Gasteiger partial charge >= 0.3 is 17.8 Å². The van der Waals surface area contributed by atoms with Gasteiger partial charge in [-0.25, -0.2) is 9.69 Å². The van der Waals surface area contributed by atoms with Gasteiger partial charge in [0.05, 0.1) is 5.69 Å². The van der Waals surface area contributed by atoms with Crippen LogP contribution >= 0.6 is 0 Å². The first-order valence-corrected chi connectivity index (χ1v) is 9.45. The van der Waals surface area contributed by atoms with Crippen molar-refractivity contribution in [3.8, 4) is 0 Å². The fraction of sp³-hybridized carbons (Fsp3) is 0.227. The first-order chi connectivity index (χ1) is 14.3. The molecule has 1 fully saturated rings. The Morgan fingerprint density at radius 1 is 0.867 bits per heavy atom. The summed E-state index contributed by atoms with van der Waals surface area (Å²) in [6, 6.07) is 14.2. The molecule has 0 aliphatic carbocycles. The van der Waals surface area contributed by atoms with E-state index in [0.717, 1.165) is 4.90 Å². The number of ketones is 1. The summed E-state index contributed by atoms with van der Waals surface area (Å²) in [5.41, 5.74) is 0.980. The quantitative estimate of drug-likeness (QED) is 0.431. The van der Waals surface area contributed by atoms with E-state index in [1.54, 1.807) is 68.4 Å². The van der Waals surface area contributed by atoms with Gasteiger partial charge in [0, 0.05) is 17.7 Å². The molecule has 0 unspecified atom stereocenters. The molecule has 8 heteroatoms. The minimum absolute atomic E-state index is 0.0182. The molecule has 0 saturated carbocycles. The number of urea groups is 1. The summed E-state index contributed by atoms with van der Waals surface area (Å²) in [7, 11) is 0. The highest BCUT2D eigenvalue weighted by molar-refractivity contribution is 6.45. The fourth-order valence-electron chi connectivity index (χ4n) is 3.08. The molecule has 0 spiro atoms. The highest BCUT2D eigenvalue weighted by Crippen LogP contribution is 2.20. The first-order valence-electron chi connectivity index (χ1n) is 9.45. The highest BCUT2D eigenvalue weighted by Gasteiger charge is 2.45. The number of anilines is 1. The summed E-state index contributed by atoms with van der Waals surface area (Å²) < 4.78 is 0. The minimum Gasteiger partial charge on any atom is -0.324 e. The van der Waals surface area contributed by atoms with Gasteiger partial charge in [0.1, 0.15) is 6.54 Å². The van der Waals surface area contributed by atoms with Gasteiger partial charge < -0.3 is 5.32 Å². The standard InChI is InChI=1S/C22H21N3O5/c1-14(2)12-24-20(28)21(29)25(22(24)30)13-18(26)23-17-11-7-6-10-16(17)19(27)15-8-4-3-5-9-15/h3-11,14H,12-13H2,1-2H3,(H,23,26). The van der Waals surface area contributed by atoms with Crippen LogP contribution in [-0.2, 0) is 14.4 Å². The third kappa shape index (κ3) is 4.27. The summed E-state index contributed by atoms with van der Waals surface area (Å²) in [5, 5.41) is 2.56. The summed E-state index contributed by atoms with van der Waals surface area (Å²) >= 11 is 0. The molecule has 1 N–H and O–H groups in total. The second-order valence-corrected chi connectivity index (χ2v) is 7.27. The van der Waals surface area contributed by atoms with Crippen molar-refractivity contribution in [2.75, 3.05) is 18.4 Å². The van der Waals surface area contributed by atoms with E-state index in [1.165, 1.54) is 0 Å².